The fourth-order valence-corrected chi connectivity index (χ4v) is 1.89. The number of anilines is 1. The number of hydrogen-bond acceptors (Lipinski definition) is 3. The van der Waals surface area contributed by atoms with Crippen molar-refractivity contribution in [3.63, 3.8) is 0 Å². The van der Waals surface area contributed by atoms with Crippen LogP contribution in [-0.4, -0.2) is 22.8 Å². The number of fused-ring (bicyclic) bond motifs is 1. The van der Waals surface area contributed by atoms with E-state index in [4.69, 9.17) is 5.11 Å². The lowest BCUT2D eigenvalue weighted by Crippen LogP contribution is -2.14. The van der Waals surface area contributed by atoms with Crippen molar-refractivity contribution in [3.8, 4) is 0 Å². The van der Waals surface area contributed by atoms with Crippen LogP contribution in [0.5, 0.6) is 0 Å². The molecule has 2 rings (SSSR count). The van der Waals surface area contributed by atoms with Crippen LogP contribution in [0.2, 0.25) is 0 Å². The Morgan fingerprint density at radius 1 is 1.44 bits per heavy atom. The lowest BCUT2D eigenvalue weighted by molar-refractivity contribution is -0.141. The molecule has 18 heavy (non-hydrogen) atoms. The van der Waals surface area contributed by atoms with Gasteiger partial charge in [-0.25, -0.2) is 0 Å². The first-order valence-corrected chi connectivity index (χ1v) is 5.66. The summed E-state index contributed by atoms with van der Waals surface area (Å²) in [4.78, 5) is 33.7. The number of carboxylic acid groups (broad SMARTS) is 1. The number of rotatable bonds is 4. The van der Waals surface area contributed by atoms with Crippen molar-refractivity contribution < 1.29 is 19.5 Å². The third-order valence-electron chi connectivity index (χ3n) is 2.97. The number of aliphatic carboxylic acids is 1. The molecule has 0 aliphatic carbocycles. The van der Waals surface area contributed by atoms with Gasteiger partial charge in [0.25, 0.3) is 0 Å². The SMILES string of the molecule is CC(CC(=O)c1ccc2c(c1)CC(=O)N2)C(=O)O. The normalized spacial score (nSPS) is 14.8. The summed E-state index contributed by atoms with van der Waals surface area (Å²) in [6, 6.07) is 4.95. The average molecular weight is 247 g/mol. The number of nitrogens with one attached hydrogen (secondary N) is 1. The van der Waals surface area contributed by atoms with Crippen LogP contribution in [0.1, 0.15) is 29.3 Å². The highest BCUT2D eigenvalue weighted by Gasteiger charge is 2.21. The Labute approximate surface area is 104 Å². The molecule has 1 amide bonds. The second-order valence-electron chi connectivity index (χ2n) is 4.46. The average Bonchev–Trinajstić information content (AvgIpc) is 2.67. The zero-order chi connectivity index (χ0) is 13.3. The van der Waals surface area contributed by atoms with E-state index >= 15 is 0 Å². The molecular formula is C13H13NO4. The Bertz CT molecular complexity index is 536. The quantitative estimate of drug-likeness (QED) is 0.789. The zero-order valence-electron chi connectivity index (χ0n) is 9.90. The van der Waals surface area contributed by atoms with Crippen molar-refractivity contribution in [3.05, 3.63) is 29.3 Å². The molecule has 1 unspecified atom stereocenters. The van der Waals surface area contributed by atoms with Crippen molar-refractivity contribution in [1.29, 1.82) is 0 Å². The number of benzene rings is 1. The molecule has 0 saturated carbocycles. The van der Waals surface area contributed by atoms with Crippen LogP contribution in [-0.2, 0) is 16.0 Å². The van der Waals surface area contributed by atoms with E-state index in [1.54, 1.807) is 18.2 Å². The molecule has 0 aromatic heterocycles. The molecule has 5 nitrogen and oxygen atoms in total. The van der Waals surface area contributed by atoms with Crippen molar-refractivity contribution in [2.75, 3.05) is 5.32 Å². The Morgan fingerprint density at radius 2 is 2.17 bits per heavy atom. The first-order valence-electron chi connectivity index (χ1n) is 5.66. The van der Waals surface area contributed by atoms with Crippen LogP contribution in [0.4, 0.5) is 5.69 Å². The van der Waals surface area contributed by atoms with Crippen LogP contribution in [0.25, 0.3) is 0 Å². The fourth-order valence-electron chi connectivity index (χ4n) is 1.89. The van der Waals surface area contributed by atoms with E-state index in [1.165, 1.54) is 6.92 Å². The lowest BCUT2D eigenvalue weighted by atomic mass is 9.98. The smallest absolute Gasteiger partial charge is 0.306 e. The molecule has 1 atom stereocenters. The van der Waals surface area contributed by atoms with E-state index in [0.29, 0.717) is 5.56 Å². The van der Waals surface area contributed by atoms with Crippen LogP contribution >= 0.6 is 0 Å². The van der Waals surface area contributed by atoms with E-state index < -0.39 is 11.9 Å². The summed E-state index contributed by atoms with van der Waals surface area (Å²) < 4.78 is 0. The molecule has 1 aliphatic heterocycles. The highest BCUT2D eigenvalue weighted by Crippen LogP contribution is 2.24. The predicted octanol–water partition coefficient (Wildman–Crippen LogP) is 1.47. The molecule has 1 aliphatic rings. The van der Waals surface area contributed by atoms with Gasteiger partial charge in [-0.1, -0.05) is 6.92 Å². The van der Waals surface area contributed by atoms with Gasteiger partial charge in [0.05, 0.1) is 12.3 Å². The summed E-state index contributed by atoms with van der Waals surface area (Å²) >= 11 is 0. The number of carbonyl (C=O) groups excluding carboxylic acids is 2. The maximum Gasteiger partial charge on any atom is 0.306 e. The summed E-state index contributed by atoms with van der Waals surface area (Å²) in [6.45, 7) is 1.50. The molecule has 0 spiro atoms. The van der Waals surface area contributed by atoms with Gasteiger partial charge >= 0.3 is 5.97 Å². The molecule has 94 valence electrons. The number of carbonyl (C=O) groups is 3. The first-order chi connectivity index (χ1) is 8.47. The summed E-state index contributed by atoms with van der Waals surface area (Å²) in [5.74, 6) is -1.99. The van der Waals surface area contributed by atoms with Gasteiger partial charge in [0.2, 0.25) is 5.91 Å². The standard InChI is InChI=1S/C13H13NO4/c1-7(13(17)18)4-11(15)8-2-3-10-9(5-8)6-12(16)14-10/h2-3,5,7H,4,6H2,1H3,(H,14,16)(H,17,18). The summed E-state index contributed by atoms with van der Waals surface area (Å²) in [5, 5.41) is 11.4. The zero-order valence-corrected chi connectivity index (χ0v) is 9.90. The largest absolute Gasteiger partial charge is 0.481 e. The van der Waals surface area contributed by atoms with Crippen LogP contribution < -0.4 is 5.32 Å². The number of amides is 1. The number of carboxylic acids is 1. The van der Waals surface area contributed by atoms with E-state index in [1.807, 2.05) is 0 Å². The molecule has 1 aromatic rings. The van der Waals surface area contributed by atoms with Crippen LogP contribution in [0, 0.1) is 5.92 Å². The van der Waals surface area contributed by atoms with Gasteiger partial charge in [-0.05, 0) is 23.8 Å². The number of hydrogen-bond donors (Lipinski definition) is 2. The minimum atomic E-state index is -0.985. The van der Waals surface area contributed by atoms with Crippen molar-refractivity contribution in [1.82, 2.24) is 0 Å². The fraction of sp³-hybridized carbons (Fsp3) is 0.308. The third kappa shape index (κ3) is 2.40. The summed E-state index contributed by atoms with van der Waals surface area (Å²) in [7, 11) is 0. The molecule has 5 heteroatoms. The van der Waals surface area contributed by atoms with E-state index in [2.05, 4.69) is 5.32 Å². The topological polar surface area (TPSA) is 83.5 Å². The van der Waals surface area contributed by atoms with Crippen molar-refractivity contribution >= 4 is 23.3 Å². The second kappa shape index (κ2) is 4.60. The number of ketones is 1. The summed E-state index contributed by atoms with van der Waals surface area (Å²) in [5.41, 5.74) is 1.97. The highest BCUT2D eigenvalue weighted by molar-refractivity contribution is 6.02. The van der Waals surface area contributed by atoms with E-state index in [0.717, 1.165) is 11.3 Å². The van der Waals surface area contributed by atoms with E-state index in [-0.39, 0.29) is 24.5 Å². The van der Waals surface area contributed by atoms with Crippen LogP contribution in [0.15, 0.2) is 18.2 Å². The van der Waals surface area contributed by atoms with Gasteiger partial charge in [-0.15, -0.1) is 0 Å². The van der Waals surface area contributed by atoms with Gasteiger partial charge in [0, 0.05) is 17.7 Å². The third-order valence-corrected chi connectivity index (χ3v) is 2.97. The number of Topliss-reactive ketones (excluding diaryl/α,β-unsaturated/α-hetero) is 1. The molecule has 1 aromatic carbocycles. The highest BCUT2D eigenvalue weighted by atomic mass is 16.4. The lowest BCUT2D eigenvalue weighted by Gasteiger charge is -2.06. The van der Waals surface area contributed by atoms with Gasteiger partial charge in [-0.2, -0.15) is 0 Å². The van der Waals surface area contributed by atoms with Gasteiger partial charge in [0.15, 0.2) is 5.78 Å². The maximum atomic E-state index is 11.9. The molecule has 0 fully saturated rings. The Balaban J connectivity index is 2.15. The molecule has 0 saturated heterocycles. The summed E-state index contributed by atoms with van der Waals surface area (Å²) in [6.07, 6.45) is 0.237. The van der Waals surface area contributed by atoms with E-state index in [9.17, 15) is 14.4 Å². The molecule has 0 radical (unpaired) electrons. The molecule has 1 heterocycles. The minimum Gasteiger partial charge on any atom is -0.481 e. The molecule has 2 N–H and O–H groups in total. The second-order valence-corrected chi connectivity index (χ2v) is 4.46. The predicted molar refractivity (Wildman–Crippen MR) is 64.5 cm³/mol. The molecular weight excluding hydrogens is 234 g/mol. The first kappa shape index (κ1) is 12.3. The van der Waals surface area contributed by atoms with Gasteiger partial charge in [-0.3, -0.25) is 14.4 Å². The Morgan fingerprint density at radius 3 is 2.83 bits per heavy atom. The van der Waals surface area contributed by atoms with Crippen molar-refractivity contribution in [2.45, 2.75) is 19.8 Å². The molecule has 0 bridgehead atoms. The van der Waals surface area contributed by atoms with Gasteiger partial charge < -0.3 is 10.4 Å². The minimum absolute atomic E-state index is 0.0322. The monoisotopic (exact) mass is 247 g/mol. The Hall–Kier alpha value is -2.17. The van der Waals surface area contributed by atoms with Crippen molar-refractivity contribution in [2.24, 2.45) is 5.92 Å². The Kier molecular flexibility index (Phi) is 3.14. The van der Waals surface area contributed by atoms with Gasteiger partial charge in [0.1, 0.15) is 0 Å². The van der Waals surface area contributed by atoms with Crippen LogP contribution in [0.3, 0.4) is 0 Å². The maximum absolute atomic E-state index is 11.9.